The zero-order valence-electron chi connectivity index (χ0n) is 9.84. The Morgan fingerprint density at radius 1 is 1.58 bits per heavy atom. The van der Waals surface area contributed by atoms with E-state index in [1.54, 1.807) is 13.2 Å². The number of nitro benzene ring substituents is 1. The standard InChI is InChI=1S/C11H9ClFN3O3/c1-15-5-8(12)10(14-15)6-19-7-2-3-11(16(17)18)9(13)4-7/h2-5H,6H2,1H3. The molecule has 6 nitrogen and oxygen atoms in total. The lowest BCUT2D eigenvalue weighted by Crippen LogP contribution is -1.99. The third-order valence-corrected chi connectivity index (χ3v) is 2.66. The molecule has 0 unspecified atom stereocenters. The van der Waals surface area contributed by atoms with Crippen molar-refractivity contribution in [1.29, 1.82) is 0 Å². The van der Waals surface area contributed by atoms with Gasteiger partial charge in [-0.05, 0) is 6.07 Å². The van der Waals surface area contributed by atoms with Crippen LogP contribution in [0, 0.1) is 15.9 Å². The monoisotopic (exact) mass is 285 g/mol. The predicted octanol–water partition coefficient (Wildman–Crippen LogP) is 2.70. The van der Waals surface area contributed by atoms with E-state index in [2.05, 4.69) is 5.10 Å². The van der Waals surface area contributed by atoms with Gasteiger partial charge in [0.2, 0.25) is 5.82 Å². The summed E-state index contributed by atoms with van der Waals surface area (Å²) < 4.78 is 20.1. The van der Waals surface area contributed by atoms with Gasteiger partial charge in [-0.1, -0.05) is 11.6 Å². The summed E-state index contributed by atoms with van der Waals surface area (Å²) in [5, 5.41) is 14.9. The molecule has 0 radical (unpaired) electrons. The van der Waals surface area contributed by atoms with E-state index in [-0.39, 0.29) is 12.4 Å². The smallest absolute Gasteiger partial charge is 0.305 e. The number of aryl methyl sites for hydroxylation is 1. The Morgan fingerprint density at radius 3 is 2.84 bits per heavy atom. The fourth-order valence-electron chi connectivity index (χ4n) is 1.48. The minimum Gasteiger partial charge on any atom is -0.487 e. The minimum absolute atomic E-state index is 0.0525. The Bertz CT molecular complexity index is 630. The number of aromatic nitrogens is 2. The van der Waals surface area contributed by atoms with Crippen LogP contribution in [0.15, 0.2) is 24.4 Å². The fraction of sp³-hybridized carbons (Fsp3) is 0.182. The van der Waals surface area contributed by atoms with E-state index in [4.69, 9.17) is 16.3 Å². The van der Waals surface area contributed by atoms with Crippen LogP contribution in [0.3, 0.4) is 0 Å². The molecule has 2 aromatic rings. The molecular formula is C11H9ClFN3O3. The van der Waals surface area contributed by atoms with Gasteiger partial charge >= 0.3 is 5.69 Å². The second-order valence-electron chi connectivity index (χ2n) is 3.76. The number of nitro groups is 1. The number of halogens is 2. The lowest BCUT2D eigenvalue weighted by Gasteiger charge is -2.04. The van der Waals surface area contributed by atoms with Gasteiger partial charge in [0.15, 0.2) is 0 Å². The van der Waals surface area contributed by atoms with Crippen LogP contribution < -0.4 is 4.74 Å². The Morgan fingerprint density at radius 2 is 2.32 bits per heavy atom. The molecule has 0 bridgehead atoms. The second-order valence-corrected chi connectivity index (χ2v) is 4.16. The summed E-state index contributed by atoms with van der Waals surface area (Å²) in [6, 6.07) is 3.32. The molecule has 0 spiro atoms. The first-order valence-corrected chi connectivity index (χ1v) is 5.60. The van der Waals surface area contributed by atoms with Gasteiger partial charge in [0, 0.05) is 25.4 Å². The van der Waals surface area contributed by atoms with Crippen molar-refractivity contribution in [3.8, 4) is 5.75 Å². The molecule has 1 aromatic heterocycles. The first kappa shape index (κ1) is 13.3. The van der Waals surface area contributed by atoms with Crippen molar-refractivity contribution in [2.45, 2.75) is 6.61 Å². The highest BCUT2D eigenvalue weighted by molar-refractivity contribution is 6.31. The average molecular weight is 286 g/mol. The van der Waals surface area contributed by atoms with Crippen LogP contribution in [0.4, 0.5) is 10.1 Å². The molecule has 0 amide bonds. The first-order chi connectivity index (χ1) is 8.97. The summed E-state index contributed by atoms with van der Waals surface area (Å²) in [5.41, 5.74) is -0.0915. The summed E-state index contributed by atoms with van der Waals surface area (Å²) in [7, 11) is 1.71. The molecule has 1 heterocycles. The molecule has 0 aliphatic carbocycles. The van der Waals surface area contributed by atoms with Crippen LogP contribution >= 0.6 is 11.6 Å². The zero-order chi connectivity index (χ0) is 14.0. The van der Waals surface area contributed by atoms with Crippen molar-refractivity contribution < 1.29 is 14.1 Å². The highest BCUT2D eigenvalue weighted by Crippen LogP contribution is 2.23. The van der Waals surface area contributed by atoms with E-state index in [0.29, 0.717) is 10.7 Å². The number of benzene rings is 1. The number of ether oxygens (including phenoxy) is 1. The van der Waals surface area contributed by atoms with Crippen LogP contribution in [0.5, 0.6) is 5.75 Å². The molecule has 0 aliphatic rings. The van der Waals surface area contributed by atoms with Crippen molar-refractivity contribution in [3.63, 3.8) is 0 Å². The van der Waals surface area contributed by atoms with E-state index in [1.807, 2.05) is 0 Å². The maximum atomic E-state index is 13.3. The van der Waals surface area contributed by atoms with Crippen molar-refractivity contribution in [2.24, 2.45) is 7.05 Å². The number of hydrogen-bond donors (Lipinski definition) is 0. The molecule has 0 saturated carbocycles. The van der Waals surface area contributed by atoms with Gasteiger partial charge < -0.3 is 4.74 Å². The third-order valence-electron chi connectivity index (χ3n) is 2.35. The quantitative estimate of drug-likeness (QED) is 0.640. The first-order valence-electron chi connectivity index (χ1n) is 5.22. The Labute approximate surface area is 112 Å². The number of nitrogens with zero attached hydrogens (tertiary/aromatic N) is 3. The number of hydrogen-bond acceptors (Lipinski definition) is 4. The molecule has 100 valence electrons. The van der Waals surface area contributed by atoms with Gasteiger partial charge in [-0.15, -0.1) is 0 Å². The highest BCUT2D eigenvalue weighted by Gasteiger charge is 2.14. The van der Waals surface area contributed by atoms with Gasteiger partial charge in [-0.3, -0.25) is 14.8 Å². The maximum Gasteiger partial charge on any atom is 0.305 e. The molecule has 2 rings (SSSR count). The topological polar surface area (TPSA) is 70.2 Å². The van der Waals surface area contributed by atoms with E-state index in [1.165, 1.54) is 10.7 Å². The van der Waals surface area contributed by atoms with Crippen LogP contribution in [0.2, 0.25) is 5.02 Å². The molecular weight excluding hydrogens is 277 g/mol. The molecule has 0 atom stereocenters. The van der Waals surface area contributed by atoms with E-state index < -0.39 is 16.4 Å². The molecule has 8 heteroatoms. The van der Waals surface area contributed by atoms with Crippen molar-refractivity contribution in [2.75, 3.05) is 0 Å². The molecule has 0 aliphatic heterocycles. The van der Waals surface area contributed by atoms with E-state index >= 15 is 0 Å². The maximum absolute atomic E-state index is 13.3. The Kier molecular flexibility index (Phi) is 3.66. The van der Waals surface area contributed by atoms with E-state index in [0.717, 1.165) is 12.1 Å². The molecule has 19 heavy (non-hydrogen) atoms. The summed E-state index contributed by atoms with van der Waals surface area (Å²) >= 11 is 5.88. The van der Waals surface area contributed by atoms with Crippen LogP contribution in [-0.4, -0.2) is 14.7 Å². The highest BCUT2D eigenvalue weighted by atomic mass is 35.5. The second kappa shape index (κ2) is 5.23. The lowest BCUT2D eigenvalue weighted by atomic mass is 10.3. The summed E-state index contributed by atoms with van der Waals surface area (Å²) in [6.07, 6.45) is 1.61. The van der Waals surface area contributed by atoms with Gasteiger partial charge in [-0.25, -0.2) is 0 Å². The largest absolute Gasteiger partial charge is 0.487 e. The van der Waals surface area contributed by atoms with Gasteiger partial charge in [0.25, 0.3) is 0 Å². The average Bonchev–Trinajstić information content (AvgIpc) is 2.65. The van der Waals surface area contributed by atoms with Crippen LogP contribution in [-0.2, 0) is 13.7 Å². The molecule has 0 saturated heterocycles. The van der Waals surface area contributed by atoms with Gasteiger partial charge in [0.05, 0.1) is 9.95 Å². The summed E-state index contributed by atoms with van der Waals surface area (Å²) in [6.45, 7) is 0.0525. The van der Waals surface area contributed by atoms with Crippen LogP contribution in [0.25, 0.3) is 0 Å². The third kappa shape index (κ3) is 3.00. The minimum atomic E-state index is -0.949. The van der Waals surface area contributed by atoms with Crippen molar-refractivity contribution in [3.05, 3.63) is 51.0 Å². The molecule has 0 N–H and O–H groups in total. The molecule has 1 aromatic carbocycles. The Balaban J connectivity index is 2.10. The summed E-state index contributed by atoms with van der Waals surface area (Å²) in [4.78, 5) is 9.66. The zero-order valence-corrected chi connectivity index (χ0v) is 10.6. The van der Waals surface area contributed by atoms with Crippen molar-refractivity contribution in [1.82, 2.24) is 9.78 Å². The van der Waals surface area contributed by atoms with Gasteiger partial charge in [-0.2, -0.15) is 9.49 Å². The number of rotatable bonds is 4. The predicted molar refractivity (Wildman–Crippen MR) is 65.6 cm³/mol. The SMILES string of the molecule is Cn1cc(Cl)c(COc2ccc([N+](=O)[O-])c(F)c2)n1. The Hall–Kier alpha value is -2.15. The normalized spacial score (nSPS) is 10.5. The summed E-state index contributed by atoms with van der Waals surface area (Å²) in [5.74, 6) is -0.778. The lowest BCUT2D eigenvalue weighted by molar-refractivity contribution is -0.387. The van der Waals surface area contributed by atoms with Crippen LogP contribution in [0.1, 0.15) is 5.69 Å². The molecule has 0 fully saturated rings. The fourth-order valence-corrected chi connectivity index (χ4v) is 1.71. The van der Waals surface area contributed by atoms with Gasteiger partial charge in [0.1, 0.15) is 18.1 Å². The van der Waals surface area contributed by atoms with Crippen molar-refractivity contribution >= 4 is 17.3 Å². The van der Waals surface area contributed by atoms with E-state index in [9.17, 15) is 14.5 Å².